The lowest BCUT2D eigenvalue weighted by atomic mass is 10.3. The van der Waals surface area contributed by atoms with Gasteiger partial charge in [-0.2, -0.15) is 13.8 Å². The molecule has 0 saturated heterocycles. The summed E-state index contributed by atoms with van der Waals surface area (Å²) in [6, 6.07) is -0.680. The number of amides is 1. The third-order valence-electron chi connectivity index (χ3n) is 1.32. The van der Waals surface area contributed by atoms with Crippen LogP contribution in [0.3, 0.4) is 0 Å². The van der Waals surface area contributed by atoms with Crippen LogP contribution in [-0.4, -0.2) is 22.5 Å². The summed E-state index contributed by atoms with van der Waals surface area (Å²) in [7, 11) is 0. The first kappa shape index (κ1) is 9.56. The molecule has 7 heteroatoms. The average molecular weight is 191 g/mol. The highest BCUT2D eigenvalue weighted by Gasteiger charge is 2.19. The molecule has 1 aromatic rings. The van der Waals surface area contributed by atoms with Crippen LogP contribution in [0.5, 0.6) is 0 Å². The molecule has 1 unspecified atom stereocenters. The highest BCUT2D eigenvalue weighted by atomic mass is 19.3. The molecule has 0 aliphatic heterocycles. The number of rotatable bonds is 3. The van der Waals surface area contributed by atoms with Crippen LogP contribution in [0.15, 0.2) is 10.9 Å². The predicted octanol–water partition coefficient (Wildman–Crippen LogP) is 0.512. The number of hydrogen-bond acceptors (Lipinski definition) is 4. The molecule has 0 aliphatic carbocycles. The molecule has 1 amide bonds. The molecule has 0 saturated carbocycles. The van der Waals surface area contributed by atoms with Crippen molar-refractivity contribution in [1.29, 1.82) is 0 Å². The van der Waals surface area contributed by atoms with Gasteiger partial charge in [-0.05, 0) is 6.92 Å². The van der Waals surface area contributed by atoms with Crippen molar-refractivity contribution < 1.29 is 18.1 Å². The molecule has 0 aliphatic rings. The Morgan fingerprint density at radius 1 is 1.69 bits per heavy atom. The topological polar surface area (TPSA) is 68.0 Å². The minimum atomic E-state index is -3.03. The van der Waals surface area contributed by atoms with Gasteiger partial charge in [0.25, 0.3) is 5.91 Å². The van der Waals surface area contributed by atoms with Crippen LogP contribution < -0.4 is 5.32 Å². The van der Waals surface area contributed by atoms with Crippen LogP contribution in [0.2, 0.25) is 0 Å². The zero-order valence-electron chi connectivity index (χ0n) is 6.70. The van der Waals surface area contributed by atoms with Crippen molar-refractivity contribution in [3.8, 4) is 0 Å². The fourth-order valence-corrected chi connectivity index (χ4v) is 0.711. The SMILES string of the molecule is CC(NC(=O)C(F)F)c1ncon1. The van der Waals surface area contributed by atoms with Gasteiger partial charge in [0.05, 0.1) is 6.04 Å². The molecule has 1 N–H and O–H groups in total. The lowest BCUT2D eigenvalue weighted by Crippen LogP contribution is -2.32. The molecule has 0 spiro atoms. The van der Waals surface area contributed by atoms with Crippen molar-refractivity contribution in [2.24, 2.45) is 0 Å². The van der Waals surface area contributed by atoms with Gasteiger partial charge in [-0.25, -0.2) is 0 Å². The second-order valence-electron chi connectivity index (χ2n) is 2.32. The van der Waals surface area contributed by atoms with Gasteiger partial charge in [-0.1, -0.05) is 5.16 Å². The van der Waals surface area contributed by atoms with Crippen LogP contribution in [0, 0.1) is 0 Å². The van der Waals surface area contributed by atoms with E-state index in [1.807, 2.05) is 5.32 Å². The van der Waals surface area contributed by atoms with E-state index in [0.717, 1.165) is 6.39 Å². The van der Waals surface area contributed by atoms with Crippen LogP contribution in [-0.2, 0) is 4.79 Å². The van der Waals surface area contributed by atoms with Gasteiger partial charge in [0.1, 0.15) is 0 Å². The molecule has 1 aromatic heterocycles. The zero-order chi connectivity index (χ0) is 9.84. The number of hydrogen-bond donors (Lipinski definition) is 1. The van der Waals surface area contributed by atoms with Gasteiger partial charge in [0, 0.05) is 0 Å². The number of halogens is 2. The Morgan fingerprint density at radius 3 is 2.85 bits per heavy atom. The van der Waals surface area contributed by atoms with E-state index in [1.165, 1.54) is 6.92 Å². The fraction of sp³-hybridized carbons (Fsp3) is 0.500. The van der Waals surface area contributed by atoms with E-state index in [2.05, 4.69) is 14.7 Å². The smallest absolute Gasteiger partial charge is 0.315 e. The molecule has 5 nitrogen and oxygen atoms in total. The van der Waals surface area contributed by atoms with Gasteiger partial charge in [-0.15, -0.1) is 0 Å². The Labute approximate surface area is 72.1 Å². The first-order chi connectivity index (χ1) is 6.11. The van der Waals surface area contributed by atoms with E-state index in [-0.39, 0.29) is 5.82 Å². The number of nitrogens with one attached hydrogen (secondary N) is 1. The molecule has 1 atom stereocenters. The maximum atomic E-state index is 11.8. The van der Waals surface area contributed by atoms with Gasteiger partial charge in [-0.3, -0.25) is 4.79 Å². The molecular weight excluding hydrogens is 184 g/mol. The summed E-state index contributed by atoms with van der Waals surface area (Å²) in [5, 5.41) is 5.39. The monoisotopic (exact) mass is 191 g/mol. The lowest BCUT2D eigenvalue weighted by molar-refractivity contribution is -0.132. The van der Waals surface area contributed by atoms with Crippen molar-refractivity contribution in [1.82, 2.24) is 15.5 Å². The van der Waals surface area contributed by atoms with Crippen LogP contribution in [0.25, 0.3) is 0 Å². The first-order valence-electron chi connectivity index (χ1n) is 3.46. The Hall–Kier alpha value is -1.53. The van der Waals surface area contributed by atoms with Crippen LogP contribution in [0.1, 0.15) is 18.8 Å². The molecule has 0 aromatic carbocycles. The van der Waals surface area contributed by atoms with Crippen molar-refractivity contribution in [2.45, 2.75) is 19.4 Å². The number of alkyl halides is 2. The summed E-state index contributed by atoms with van der Waals surface area (Å²) in [6.45, 7) is 1.48. The third-order valence-corrected chi connectivity index (χ3v) is 1.32. The second-order valence-corrected chi connectivity index (χ2v) is 2.32. The average Bonchev–Trinajstić information content (AvgIpc) is 2.55. The molecule has 1 rings (SSSR count). The van der Waals surface area contributed by atoms with E-state index < -0.39 is 18.4 Å². The Kier molecular flexibility index (Phi) is 2.88. The maximum absolute atomic E-state index is 11.8. The van der Waals surface area contributed by atoms with Gasteiger partial charge >= 0.3 is 6.43 Å². The molecule has 72 valence electrons. The van der Waals surface area contributed by atoms with Gasteiger partial charge < -0.3 is 9.84 Å². The molecule has 0 radical (unpaired) electrons. The number of aromatic nitrogens is 2. The van der Waals surface area contributed by atoms with E-state index in [1.54, 1.807) is 0 Å². The summed E-state index contributed by atoms with van der Waals surface area (Å²) in [6.07, 6.45) is -1.98. The molecule has 1 heterocycles. The minimum Gasteiger partial charge on any atom is -0.343 e. The van der Waals surface area contributed by atoms with Crippen molar-refractivity contribution in [3.05, 3.63) is 12.2 Å². The predicted molar refractivity (Wildman–Crippen MR) is 36.9 cm³/mol. The van der Waals surface area contributed by atoms with E-state index in [0.29, 0.717) is 0 Å². The standard InChI is InChI=1S/C6H7F2N3O2/c1-3(5-9-2-13-11-5)10-6(12)4(7)8/h2-4H,1H3,(H,10,12). The lowest BCUT2D eigenvalue weighted by Gasteiger charge is -2.08. The normalized spacial score (nSPS) is 12.9. The zero-order valence-corrected chi connectivity index (χ0v) is 6.70. The Morgan fingerprint density at radius 2 is 2.38 bits per heavy atom. The van der Waals surface area contributed by atoms with E-state index in [9.17, 15) is 13.6 Å². The largest absolute Gasteiger partial charge is 0.343 e. The molecule has 0 bridgehead atoms. The summed E-state index contributed by atoms with van der Waals surface area (Å²) in [4.78, 5) is 14.1. The van der Waals surface area contributed by atoms with Crippen molar-refractivity contribution >= 4 is 5.91 Å². The maximum Gasteiger partial charge on any atom is 0.315 e. The molecule has 13 heavy (non-hydrogen) atoms. The molecule has 0 fully saturated rings. The number of nitrogens with zero attached hydrogens (tertiary/aromatic N) is 2. The Balaban J connectivity index is 2.51. The first-order valence-corrected chi connectivity index (χ1v) is 3.46. The Bertz CT molecular complexity index is 275. The van der Waals surface area contributed by atoms with Crippen LogP contribution in [0.4, 0.5) is 8.78 Å². The quantitative estimate of drug-likeness (QED) is 0.755. The highest BCUT2D eigenvalue weighted by molar-refractivity contribution is 5.79. The number of carbonyl (C=O) groups is 1. The summed E-state index contributed by atoms with van der Waals surface area (Å²) in [5.41, 5.74) is 0. The number of carbonyl (C=O) groups excluding carboxylic acids is 1. The minimum absolute atomic E-state index is 0.161. The van der Waals surface area contributed by atoms with Crippen LogP contribution >= 0.6 is 0 Å². The third kappa shape index (κ3) is 2.46. The van der Waals surface area contributed by atoms with Gasteiger partial charge in [0.15, 0.2) is 5.82 Å². The fourth-order valence-electron chi connectivity index (χ4n) is 0.711. The van der Waals surface area contributed by atoms with E-state index in [4.69, 9.17) is 0 Å². The summed E-state index contributed by atoms with van der Waals surface area (Å²) in [5.74, 6) is -1.19. The van der Waals surface area contributed by atoms with Crippen molar-refractivity contribution in [3.63, 3.8) is 0 Å². The second kappa shape index (κ2) is 3.92. The van der Waals surface area contributed by atoms with E-state index >= 15 is 0 Å². The highest BCUT2D eigenvalue weighted by Crippen LogP contribution is 2.06. The summed E-state index contributed by atoms with van der Waals surface area (Å²) < 4.78 is 27.9. The van der Waals surface area contributed by atoms with Crippen molar-refractivity contribution in [2.75, 3.05) is 0 Å². The molecular formula is C6H7F2N3O2. The summed E-state index contributed by atoms with van der Waals surface area (Å²) >= 11 is 0. The van der Waals surface area contributed by atoms with Gasteiger partial charge in [0.2, 0.25) is 6.39 Å².